The monoisotopic (exact) mass is 285 g/mol. The van der Waals surface area contributed by atoms with Gasteiger partial charge in [-0.2, -0.15) is 0 Å². The first-order valence-electron chi connectivity index (χ1n) is 7.11. The Bertz CT molecular complexity index is 357. The van der Waals surface area contributed by atoms with Gasteiger partial charge in [0.25, 0.3) is 0 Å². The second-order valence-corrected chi connectivity index (χ2v) is 6.55. The van der Waals surface area contributed by atoms with E-state index in [1.165, 1.54) is 4.90 Å². The molecule has 0 aliphatic carbocycles. The molecule has 0 spiro atoms. The first-order chi connectivity index (χ1) is 9.12. The molecule has 0 saturated carbocycles. The van der Waals surface area contributed by atoms with Crippen LogP contribution in [0.2, 0.25) is 0 Å². The average molecular weight is 285 g/mol. The first-order valence-corrected chi connectivity index (χ1v) is 7.11. The maximum absolute atomic E-state index is 12.3. The van der Waals surface area contributed by atoms with Gasteiger partial charge >= 0.3 is 12.0 Å². The molecule has 20 heavy (non-hydrogen) atoms. The first kappa shape index (κ1) is 16.8. The van der Waals surface area contributed by atoms with Crippen molar-refractivity contribution in [2.45, 2.75) is 33.2 Å². The van der Waals surface area contributed by atoms with Crippen LogP contribution in [0.15, 0.2) is 0 Å². The largest absolute Gasteiger partial charge is 0.481 e. The highest BCUT2D eigenvalue weighted by atomic mass is 16.4. The van der Waals surface area contributed by atoms with Crippen molar-refractivity contribution in [2.24, 2.45) is 5.92 Å². The average Bonchev–Trinajstić information content (AvgIpc) is 2.36. The molecule has 6 nitrogen and oxygen atoms in total. The van der Waals surface area contributed by atoms with Crippen molar-refractivity contribution in [3.63, 3.8) is 0 Å². The van der Waals surface area contributed by atoms with Crippen molar-refractivity contribution in [3.8, 4) is 0 Å². The Morgan fingerprint density at radius 3 is 2.10 bits per heavy atom. The summed E-state index contributed by atoms with van der Waals surface area (Å²) >= 11 is 0. The molecule has 0 aromatic heterocycles. The Morgan fingerprint density at radius 2 is 1.70 bits per heavy atom. The van der Waals surface area contributed by atoms with Crippen LogP contribution in [0.3, 0.4) is 0 Å². The van der Waals surface area contributed by atoms with Gasteiger partial charge in [0.2, 0.25) is 0 Å². The third-order valence-corrected chi connectivity index (χ3v) is 3.79. The molecule has 0 aromatic carbocycles. The van der Waals surface area contributed by atoms with Gasteiger partial charge in [-0.25, -0.2) is 4.79 Å². The van der Waals surface area contributed by atoms with Crippen LogP contribution in [-0.2, 0) is 4.79 Å². The van der Waals surface area contributed by atoms with Crippen LogP contribution in [0.5, 0.6) is 0 Å². The molecule has 1 heterocycles. The van der Waals surface area contributed by atoms with Crippen molar-refractivity contribution in [1.82, 2.24) is 14.7 Å². The van der Waals surface area contributed by atoms with Gasteiger partial charge in [-0.3, -0.25) is 9.69 Å². The summed E-state index contributed by atoms with van der Waals surface area (Å²) in [4.78, 5) is 28.7. The van der Waals surface area contributed by atoms with Gasteiger partial charge < -0.3 is 14.9 Å². The summed E-state index contributed by atoms with van der Waals surface area (Å²) in [6.45, 7) is 11.5. The lowest BCUT2D eigenvalue weighted by Gasteiger charge is -2.43. The molecule has 1 aliphatic heterocycles. The quantitative estimate of drug-likeness (QED) is 0.845. The summed E-state index contributed by atoms with van der Waals surface area (Å²) in [5.74, 6) is -1.41. The molecule has 0 aromatic rings. The Labute approximate surface area is 121 Å². The third kappa shape index (κ3) is 4.37. The molecule has 0 radical (unpaired) electrons. The van der Waals surface area contributed by atoms with E-state index in [2.05, 4.69) is 25.7 Å². The maximum Gasteiger partial charge on any atom is 0.319 e. The van der Waals surface area contributed by atoms with E-state index in [9.17, 15) is 9.59 Å². The number of amides is 2. The molecule has 1 aliphatic rings. The number of carboxylic acid groups (broad SMARTS) is 1. The predicted octanol–water partition coefficient (Wildman–Crippen LogP) is 1.17. The normalized spacial score (nSPS) is 18.8. The van der Waals surface area contributed by atoms with Gasteiger partial charge in [0.05, 0.1) is 5.92 Å². The highest BCUT2D eigenvalue weighted by Gasteiger charge is 2.29. The van der Waals surface area contributed by atoms with E-state index in [4.69, 9.17) is 5.11 Å². The fourth-order valence-electron chi connectivity index (χ4n) is 2.38. The second kappa shape index (κ2) is 6.43. The Hall–Kier alpha value is -1.30. The highest BCUT2D eigenvalue weighted by Crippen LogP contribution is 2.16. The van der Waals surface area contributed by atoms with Gasteiger partial charge in [-0.15, -0.1) is 0 Å². The summed E-state index contributed by atoms with van der Waals surface area (Å²) in [7, 11) is 1.66. The minimum Gasteiger partial charge on any atom is -0.481 e. The number of hydrogen-bond acceptors (Lipinski definition) is 3. The zero-order valence-electron chi connectivity index (χ0n) is 13.2. The van der Waals surface area contributed by atoms with E-state index in [0.29, 0.717) is 13.1 Å². The van der Waals surface area contributed by atoms with Crippen LogP contribution < -0.4 is 0 Å². The number of hydrogen-bond donors (Lipinski definition) is 1. The Morgan fingerprint density at radius 1 is 1.20 bits per heavy atom. The predicted molar refractivity (Wildman–Crippen MR) is 77.7 cm³/mol. The molecule has 1 saturated heterocycles. The molecular formula is C14H27N3O3. The molecule has 1 rings (SSSR count). The van der Waals surface area contributed by atoms with Crippen molar-refractivity contribution >= 4 is 12.0 Å². The molecule has 0 bridgehead atoms. The lowest BCUT2D eigenvalue weighted by Crippen LogP contribution is -2.56. The lowest BCUT2D eigenvalue weighted by atomic mass is 10.1. The zero-order chi connectivity index (χ0) is 15.5. The Balaban J connectivity index is 2.48. The van der Waals surface area contributed by atoms with E-state index >= 15 is 0 Å². The van der Waals surface area contributed by atoms with Crippen molar-refractivity contribution < 1.29 is 14.7 Å². The lowest BCUT2D eigenvalue weighted by molar-refractivity contribution is -0.141. The summed E-state index contributed by atoms with van der Waals surface area (Å²) in [6.07, 6.45) is 0. The molecule has 116 valence electrons. The van der Waals surface area contributed by atoms with E-state index in [1.54, 1.807) is 18.9 Å². The van der Waals surface area contributed by atoms with E-state index in [1.807, 2.05) is 0 Å². The van der Waals surface area contributed by atoms with Crippen LogP contribution in [0, 0.1) is 5.92 Å². The van der Waals surface area contributed by atoms with Crippen LogP contribution >= 0.6 is 0 Å². The molecular weight excluding hydrogens is 258 g/mol. The SMILES string of the molecule is CC(CN(C)C(=O)N1CCN(C(C)(C)C)CC1)C(=O)O. The smallest absolute Gasteiger partial charge is 0.319 e. The van der Waals surface area contributed by atoms with Gasteiger partial charge in [-0.05, 0) is 20.8 Å². The standard InChI is InChI=1S/C14H27N3O3/c1-11(12(18)19)10-15(5)13(20)16-6-8-17(9-7-16)14(2,3)4/h11H,6-10H2,1-5H3,(H,18,19). The number of rotatable bonds is 3. The van der Waals surface area contributed by atoms with Crippen LogP contribution in [0.25, 0.3) is 0 Å². The van der Waals surface area contributed by atoms with Crippen LogP contribution in [-0.4, -0.2) is 77.1 Å². The maximum atomic E-state index is 12.3. The van der Waals surface area contributed by atoms with Gasteiger partial charge in [0.1, 0.15) is 0 Å². The number of nitrogens with zero attached hydrogens (tertiary/aromatic N) is 3. The fourth-order valence-corrected chi connectivity index (χ4v) is 2.38. The topological polar surface area (TPSA) is 64.1 Å². The summed E-state index contributed by atoms with van der Waals surface area (Å²) < 4.78 is 0. The minimum atomic E-state index is -0.873. The van der Waals surface area contributed by atoms with Gasteiger partial charge in [0, 0.05) is 45.3 Å². The number of carboxylic acids is 1. The summed E-state index contributed by atoms with van der Waals surface area (Å²) in [6, 6.07) is -0.0772. The third-order valence-electron chi connectivity index (χ3n) is 3.79. The molecule has 1 N–H and O–H groups in total. The number of carbonyl (C=O) groups is 2. The van der Waals surface area contributed by atoms with Crippen LogP contribution in [0.4, 0.5) is 4.79 Å². The second-order valence-electron chi connectivity index (χ2n) is 6.55. The summed E-state index contributed by atoms with van der Waals surface area (Å²) in [5, 5.41) is 8.89. The highest BCUT2D eigenvalue weighted by molar-refractivity contribution is 5.76. The zero-order valence-corrected chi connectivity index (χ0v) is 13.2. The van der Waals surface area contributed by atoms with E-state index in [0.717, 1.165) is 13.1 Å². The molecule has 2 amide bonds. The number of aliphatic carboxylic acids is 1. The van der Waals surface area contributed by atoms with Gasteiger partial charge in [0.15, 0.2) is 0 Å². The summed E-state index contributed by atoms with van der Waals surface area (Å²) in [5.41, 5.74) is 0.124. The molecule has 6 heteroatoms. The minimum absolute atomic E-state index is 0.0772. The molecule has 1 atom stereocenters. The molecule has 1 unspecified atom stereocenters. The number of piperazine rings is 1. The number of urea groups is 1. The number of carbonyl (C=O) groups excluding carboxylic acids is 1. The van der Waals surface area contributed by atoms with E-state index < -0.39 is 11.9 Å². The van der Waals surface area contributed by atoms with E-state index in [-0.39, 0.29) is 18.1 Å². The van der Waals surface area contributed by atoms with Gasteiger partial charge in [-0.1, -0.05) is 6.92 Å². The van der Waals surface area contributed by atoms with Crippen molar-refractivity contribution in [2.75, 3.05) is 39.8 Å². The van der Waals surface area contributed by atoms with Crippen molar-refractivity contribution in [1.29, 1.82) is 0 Å². The fraction of sp³-hybridized carbons (Fsp3) is 0.857. The molecule has 1 fully saturated rings. The Kier molecular flexibility index (Phi) is 5.39. The van der Waals surface area contributed by atoms with Crippen LogP contribution in [0.1, 0.15) is 27.7 Å². The van der Waals surface area contributed by atoms with Crippen molar-refractivity contribution in [3.05, 3.63) is 0 Å².